The van der Waals surface area contributed by atoms with Gasteiger partial charge in [-0.1, -0.05) is 19.1 Å². The fourth-order valence-electron chi connectivity index (χ4n) is 2.01. The van der Waals surface area contributed by atoms with Crippen LogP contribution in [0.2, 0.25) is 0 Å². The Morgan fingerprint density at radius 1 is 1.44 bits per heavy atom. The third kappa shape index (κ3) is 2.51. The van der Waals surface area contributed by atoms with Gasteiger partial charge in [-0.3, -0.25) is 0 Å². The first-order valence-corrected chi connectivity index (χ1v) is 6.00. The van der Waals surface area contributed by atoms with Gasteiger partial charge in [0.1, 0.15) is 18.4 Å². The van der Waals surface area contributed by atoms with Crippen LogP contribution in [0.25, 0.3) is 0 Å². The predicted molar refractivity (Wildman–Crippen MR) is 69.4 cm³/mol. The molecule has 2 N–H and O–H groups in total. The monoisotopic (exact) mass is 246 g/mol. The highest BCUT2D eigenvalue weighted by Gasteiger charge is 2.21. The van der Waals surface area contributed by atoms with E-state index >= 15 is 0 Å². The fraction of sp³-hybridized carbons (Fsp3) is 0.385. The maximum atomic E-state index is 6.20. The van der Waals surface area contributed by atoms with Gasteiger partial charge < -0.3 is 10.5 Å². The SMILES string of the molecule is CCC(N)C(c1cccc(OC)c1)n1cncn1. The van der Waals surface area contributed by atoms with E-state index in [1.54, 1.807) is 18.1 Å². The van der Waals surface area contributed by atoms with Gasteiger partial charge in [-0.05, 0) is 24.1 Å². The molecule has 0 aliphatic rings. The maximum Gasteiger partial charge on any atom is 0.137 e. The molecule has 0 aliphatic heterocycles. The highest BCUT2D eigenvalue weighted by molar-refractivity contribution is 5.31. The van der Waals surface area contributed by atoms with E-state index in [0.717, 1.165) is 17.7 Å². The van der Waals surface area contributed by atoms with Crippen LogP contribution in [0.5, 0.6) is 5.75 Å². The molecule has 0 fully saturated rings. The first-order valence-electron chi connectivity index (χ1n) is 6.00. The van der Waals surface area contributed by atoms with Crippen molar-refractivity contribution in [2.24, 2.45) is 5.73 Å². The van der Waals surface area contributed by atoms with E-state index in [1.807, 2.05) is 24.3 Å². The number of methoxy groups -OCH3 is 1. The summed E-state index contributed by atoms with van der Waals surface area (Å²) in [5.74, 6) is 0.820. The molecule has 2 unspecified atom stereocenters. The van der Waals surface area contributed by atoms with Crippen molar-refractivity contribution in [1.82, 2.24) is 14.8 Å². The van der Waals surface area contributed by atoms with Gasteiger partial charge in [-0.15, -0.1) is 0 Å². The zero-order chi connectivity index (χ0) is 13.0. The van der Waals surface area contributed by atoms with Crippen molar-refractivity contribution in [2.75, 3.05) is 7.11 Å². The standard InChI is InChI=1S/C13H18N4O/c1-3-12(14)13(17-9-15-8-16-17)10-5-4-6-11(7-10)18-2/h4-9,12-13H,3,14H2,1-2H3. The zero-order valence-electron chi connectivity index (χ0n) is 10.7. The molecule has 0 saturated heterocycles. The van der Waals surface area contributed by atoms with E-state index in [-0.39, 0.29) is 12.1 Å². The summed E-state index contributed by atoms with van der Waals surface area (Å²) in [6, 6.07) is 7.86. The number of benzene rings is 1. The summed E-state index contributed by atoms with van der Waals surface area (Å²) in [5.41, 5.74) is 7.28. The summed E-state index contributed by atoms with van der Waals surface area (Å²) >= 11 is 0. The topological polar surface area (TPSA) is 66.0 Å². The fourth-order valence-corrected chi connectivity index (χ4v) is 2.01. The van der Waals surface area contributed by atoms with Gasteiger partial charge in [0.25, 0.3) is 0 Å². The Bertz CT molecular complexity index is 483. The van der Waals surface area contributed by atoms with Gasteiger partial charge in [-0.2, -0.15) is 5.10 Å². The minimum Gasteiger partial charge on any atom is -0.497 e. The zero-order valence-corrected chi connectivity index (χ0v) is 10.7. The van der Waals surface area contributed by atoms with Crippen LogP contribution in [0.1, 0.15) is 24.9 Å². The molecule has 18 heavy (non-hydrogen) atoms. The highest BCUT2D eigenvalue weighted by Crippen LogP contribution is 2.25. The molecule has 2 aromatic rings. The predicted octanol–water partition coefficient (Wildman–Crippen LogP) is 1.61. The summed E-state index contributed by atoms with van der Waals surface area (Å²) in [4.78, 5) is 3.99. The van der Waals surface area contributed by atoms with Crippen molar-refractivity contribution >= 4 is 0 Å². The van der Waals surface area contributed by atoms with Crippen molar-refractivity contribution in [2.45, 2.75) is 25.4 Å². The van der Waals surface area contributed by atoms with Gasteiger partial charge in [0.2, 0.25) is 0 Å². The number of aromatic nitrogens is 3. The summed E-state index contributed by atoms with van der Waals surface area (Å²) < 4.78 is 7.04. The Hall–Kier alpha value is -1.88. The van der Waals surface area contributed by atoms with Crippen LogP contribution in [0.4, 0.5) is 0 Å². The van der Waals surface area contributed by atoms with E-state index in [1.165, 1.54) is 6.33 Å². The number of nitrogens with zero attached hydrogens (tertiary/aromatic N) is 3. The summed E-state index contributed by atoms with van der Waals surface area (Å²) in [7, 11) is 1.66. The van der Waals surface area contributed by atoms with Gasteiger partial charge in [0.15, 0.2) is 0 Å². The molecule has 5 nitrogen and oxygen atoms in total. The van der Waals surface area contributed by atoms with E-state index in [2.05, 4.69) is 17.0 Å². The van der Waals surface area contributed by atoms with E-state index in [0.29, 0.717) is 0 Å². The summed E-state index contributed by atoms with van der Waals surface area (Å²) in [5, 5.41) is 4.20. The molecule has 1 aromatic carbocycles. The Balaban J connectivity index is 2.39. The largest absolute Gasteiger partial charge is 0.497 e. The number of nitrogens with two attached hydrogens (primary N) is 1. The van der Waals surface area contributed by atoms with E-state index < -0.39 is 0 Å². The lowest BCUT2D eigenvalue weighted by molar-refractivity contribution is 0.404. The number of hydrogen-bond donors (Lipinski definition) is 1. The third-order valence-corrected chi connectivity index (χ3v) is 3.03. The molecular weight excluding hydrogens is 228 g/mol. The minimum atomic E-state index is -0.0207. The Kier molecular flexibility index (Phi) is 3.94. The molecule has 0 amide bonds. The van der Waals surface area contributed by atoms with Crippen LogP contribution in [0.15, 0.2) is 36.9 Å². The van der Waals surface area contributed by atoms with Crippen LogP contribution in [-0.4, -0.2) is 27.9 Å². The smallest absolute Gasteiger partial charge is 0.137 e. The van der Waals surface area contributed by atoms with Crippen LogP contribution < -0.4 is 10.5 Å². The molecule has 96 valence electrons. The molecular formula is C13H18N4O. The van der Waals surface area contributed by atoms with Crippen molar-refractivity contribution in [3.63, 3.8) is 0 Å². The number of ether oxygens (including phenoxy) is 1. The first-order chi connectivity index (χ1) is 8.76. The lowest BCUT2D eigenvalue weighted by atomic mass is 9.98. The number of rotatable bonds is 5. The Morgan fingerprint density at radius 3 is 2.89 bits per heavy atom. The molecule has 0 radical (unpaired) electrons. The van der Waals surface area contributed by atoms with Crippen LogP contribution in [0.3, 0.4) is 0 Å². The highest BCUT2D eigenvalue weighted by atomic mass is 16.5. The van der Waals surface area contributed by atoms with Crippen LogP contribution in [0, 0.1) is 0 Å². The molecule has 0 spiro atoms. The molecule has 5 heteroatoms. The normalized spacial score (nSPS) is 14.2. The summed E-state index contributed by atoms with van der Waals surface area (Å²) in [6.45, 7) is 2.06. The van der Waals surface area contributed by atoms with E-state index in [9.17, 15) is 0 Å². The van der Waals surface area contributed by atoms with Gasteiger partial charge in [0.05, 0.1) is 13.2 Å². The van der Waals surface area contributed by atoms with Crippen LogP contribution >= 0.6 is 0 Å². The van der Waals surface area contributed by atoms with Crippen molar-refractivity contribution in [3.05, 3.63) is 42.5 Å². The van der Waals surface area contributed by atoms with Crippen molar-refractivity contribution < 1.29 is 4.74 Å². The molecule has 2 rings (SSSR count). The Morgan fingerprint density at radius 2 is 2.28 bits per heavy atom. The molecule has 0 saturated carbocycles. The lowest BCUT2D eigenvalue weighted by Gasteiger charge is -2.23. The summed E-state index contributed by atoms with van der Waals surface area (Å²) in [6.07, 6.45) is 4.08. The van der Waals surface area contributed by atoms with Gasteiger partial charge >= 0.3 is 0 Å². The molecule has 1 heterocycles. The third-order valence-electron chi connectivity index (χ3n) is 3.03. The quantitative estimate of drug-likeness (QED) is 0.870. The molecule has 2 atom stereocenters. The molecule has 1 aromatic heterocycles. The van der Waals surface area contributed by atoms with Crippen LogP contribution in [-0.2, 0) is 0 Å². The Labute approximate surface area is 107 Å². The molecule has 0 bridgehead atoms. The average Bonchev–Trinajstić information content (AvgIpc) is 2.93. The van der Waals surface area contributed by atoms with Crippen molar-refractivity contribution in [3.8, 4) is 5.75 Å². The van der Waals surface area contributed by atoms with E-state index in [4.69, 9.17) is 10.5 Å². The second kappa shape index (κ2) is 5.64. The van der Waals surface area contributed by atoms with Crippen molar-refractivity contribution in [1.29, 1.82) is 0 Å². The van der Waals surface area contributed by atoms with Gasteiger partial charge in [-0.25, -0.2) is 9.67 Å². The number of hydrogen-bond acceptors (Lipinski definition) is 4. The second-order valence-corrected chi connectivity index (χ2v) is 4.17. The maximum absolute atomic E-state index is 6.20. The van der Waals surface area contributed by atoms with Gasteiger partial charge in [0, 0.05) is 6.04 Å². The lowest BCUT2D eigenvalue weighted by Crippen LogP contribution is -2.32. The molecule has 0 aliphatic carbocycles. The second-order valence-electron chi connectivity index (χ2n) is 4.17. The minimum absolute atomic E-state index is 0.0150. The average molecular weight is 246 g/mol. The first kappa shape index (κ1) is 12.6.